The van der Waals surface area contributed by atoms with Gasteiger partial charge in [0.1, 0.15) is 18.2 Å². The van der Waals surface area contributed by atoms with Crippen LogP contribution in [-0.2, 0) is 6.61 Å². The topological polar surface area (TPSA) is 12.5 Å². The van der Waals surface area contributed by atoms with Gasteiger partial charge in [0.05, 0.1) is 10.7 Å². The van der Waals surface area contributed by atoms with E-state index >= 15 is 0 Å². The van der Waals surface area contributed by atoms with Crippen LogP contribution in [0.2, 0.25) is 5.02 Å². The monoisotopic (exact) mass is 305 g/mol. The first-order valence-corrected chi connectivity index (χ1v) is 7.52. The van der Waals surface area contributed by atoms with Crippen LogP contribution in [0.5, 0.6) is 5.75 Å². The third-order valence-corrected chi connectivity index (χ3v) is 3.96. The fraction of sp³-hybridized carbons (Fsp3) is 0.294. The standard InChI is InChI=1S/C17H17ClFNO/c18-16-11-15(6-7-17(16)20-8-1-2-9-20)21-12-13-4-3-5-14(19)10-13/h3-7,10-11H,1-2,8-9,12H2. The summed E-state index contributed by atoms with van der Waals surface area (Å²) in [4.78, 5) is 2.29. The van der Waals surface area contributed by atoms with Gasteiger partial charge in [-0.3, -0.25) is 0 Å². The summed E-state index contributed by atoms with van der Waals surface area (Å²) in [6, 6.07) is 12.1. The van der Waals surface area contributed by atoms with Crippen LogP contribution < -0.4 is 9.64 Å². The molecule has 1 aliphatic rings. The molecule has 1 fully saturated rings. The van der Waals surface area contributed by atoms with Gasteiger partial charge in [-0.1, -0.05) is 23.7 Å². The molecule has 21 heavy (non-hydrogen) atoms. The van der Waals surface area contributed by atoms with Crippen LogP contribution in [0.25, 0.3) is 0 Å². The molecule has 0 unspecified atom stereocenters. The lowest BCUT2D eigenvalue weighted by Crippen LogP contribution is -2.17. The molecule has 4 heteroatoms. The van der Waals surface area contributed by atoms with E-state index in [1.807, 2.05) is 24.3 Å². The number of hydrogen-bond donors (Lipinski definition) is 0. The molecule has 2 aromatic carbocycles. The zero-order valence-corrected chi connectivity index (χ0v) is 12.4. The number of ether oxygens (including phenoxy) is 1. The molecule has 0 atom stereocenters. The van der Waals surface area contributed by atoms with E-state index in [4.69, 9.17) is 16.3 Å². The summed E-state index contributed by atoms with van der Waals surface area (Å²) in [5.41, 5.74) is 1.86. The lowest BCUT2D eigenvalue weighted by atomic mass is 10.2. The van der Waals surface area contributed by atoms with Gasteiger partial charge in [0.2, 0.25) is 0 Å². The summed E-state index contributed by atoms with van der Waals surface area (Å²) in [6.45, 7) is 2.45. The van der Waals surface area contributed by atoms with Crippen LogP contribution >= 0.6 is 11.6 Å². The molecule has 0 amide bonds. The maximum atomic E-state index is 13.1. The van der Waals surface area contributed by atoms with E-state index in [0.717, 1.165) is 24.3 Å². The van der Waals surface area contributed by atoms with Crippen molar-refractivity contribution in [1.29, 1.82) is 0 Å². The highest BCUT2D eigenvalue weighted by atomic mass is 35.5. The Balaban J connectivity index is 1.67. The lowest BCUT2D eigenvalue weighted by molar-refractivity contribution is 0.305. The first kappa shape index (κ1) is 14.2. The molecule has 2 aromatic rings. The summed E-state index contributed by atoms with van der Waals surface area (Å²) in [5, 5.41) is 0.702. The van der Waals surface area contributed by atoms with Gasteiger partial charge in [-0.25, -0.2) is 4.39 Å². The van der Waals surface area contributed by atoms with E-state index in [0.29, 0.717) is 17.4 Å². The predicted molar refractivity (Wildman–Crippen MR) is 83.6 cm³/mol. The van der Waals surface area contributed by atoms with E-state index in [-0.39, 0.29) is 5.82 Å². The molecule has 0 aliphatic carbocycles. The first-order valence-electron chi connectivity index (χ1n) is 7.14. The molecular formula is C17H17ClFNO. The normalized spacial score (nSPS) is 14.5. The van der Waals surface area contributed by atoms with Crippen molar-refractivity contribution in [1.82, 2.24) is 0 Å². The van der Waals surface area contributed by atoms with Crippen LogP contribution in [0.3, 0.4) is 0 Å². The maximum absolute atomic E-state index is 13.1. The summed E-state index contributed by atoms with van der Waals surface area (Å²) >= 11 is 6.33. The minimum atomic E-state index is -0.251. The second-order valence-electron chi connectivity index (χ2n) is 5.23. The molecule has 0 aromatic heterocycles. The Bertz CT molecular complexity index is 626. The third kappa shape index (κ3) is 3.48. The van der Waals surface area contributed by atoms with Crippen molar-refractivity contribution in [2.24, 2.45) is 0 Å². The molecule has 0 N–H and O–H groups in total. The molecule has 0 radical (unpaired) electrons. The van der Waals surface area contributed by atoms with Gasteiger partial charge in [-0.2, -0.15) is 0 Å². The fourth-order valence-electron chi connectivity index (χ4n) is 2.59. The Morgan fingerprint density at radius 2 is 1.90 bits per heavy atom. The Kier molecular flexibility index (Phi) is 4.30. The van der Waals surface area contributed by atoms with Gasteiger partial charge in [-0.15, -0.1) is 0 Å². The zero-order valence-electron chi connectivity index (χ0n) is 11.7. The first-order chi connectivity index (χ1) is 10.2. The molecule has 1 heterocycles. The molecule has 110 valence electrons. The van der Waals surface area contributed by atoms with Crippen LogP contribution in [0, 0.1) is 5.82 Å². The SMILES string of the molecule is Fc1cccc(COc2ccc(N3CCCC3)c(Cl)c2)c1. The van der Waals surface area contributed by atoms with Crippen molar-refractivity contribution >= 4 is 17.3 Å². The van der Waals surface area contributed by atoms with E-state index < -0.39 is 0 Å². The smallest absolute Gasteiger partial charge is 0.123 e. The second kappa shape index (κ2) is 6.35. The Morgan fingerprint density at radius 1 is 1.10 bits per heavy atom. The molecule has 0 spiro atoms. The van der Waals surface area contributed by atoms with E-state index in [1.165, 1.54) is 25.0 Å². The average molecular weight is 306 g/mol. The zero-order chi connectivity index (χ0) is 14.7. The van der Waals surface area contributed by atoms with Gasteiger partial charge in [0.15, 0.2) is 0 Å². The number of benzene rings is 2. The largest absolute Gasteiger partial charge is 0.489 e. The van der Waals surface area contributed by atoms with E-state index in [2.05, 4.69) is 4.90 Å². The van der Waals surface area contributed by atoms with Gasteiger partial charge in [0, 0.05) is 19.2 Å². The number of anilines is 1. The highest BCUT2D eigenvalue weighted by Crippen LogP contribution is 2.32. The molecular weight excluding hydrogens is 289 g/mol. The van der Waals surface area contributed by atoms with E-state index in [1.54, 1.807) is 6.07 Å². The van der Waals surface area contributed by atoms with Gasteiger partial charge >= 0.3 is 0 Å². The molecule has 3 rings (SSSR count). The van der Waals surface area contributed by atoms with Gasteiger partial charge in [0.25, 0.3) is 0 Å². The highest BCUT2D eigenvalue weighted by Gasteiger charge is 2.15. The lowest BCUT2D eigenvalue weighted by Gasteiger charge is -2.19. The quantitative estimate of drug-likeness (QED) is 0.814. The van der Waals surface area contributed by atoms with Crippen LogP contribution in [0.4, 0.5) is 10.1 Å². The van der Waals surface area contributed by atoms with Crippen molar-refractivity contribution in [2.75, 3.05) is 18.0 Å². The molecule has 2 nitrogen and oxygen atoms in total. The summed E-state index contributed by atoms with van der Waals surface area (Å²) in [6.07, 6.45) is 2.43. The summed E-state index contributed by atoms with van der Waals surface area (Å²) < 4.78 is 18.8. The van der Waals surface area contributed by atoms with Crippen molar-refractivity contribution < 1.29 is 9.13 Å². The third-order valence-electron chi connectivity index (χ3n) is 3.66. The van der Waals surface area contributed by atoms with Crippen molar-refractivity contribution in [3.63, 3.8) is 0 Å². The van der Waals surface area contributed by atoms with Crippen LogP contribution in [-0.4, -0.2) is 13.1 Å². The van der Waals surface area contributed by atoms with Crippen molar-refractivity contribution in [2.45, 2.75) is 19.4 Å². The molecule has 0 saturated carbocycles. The van der Waals surface area contributed by atoms with Crippen molar-refractivity contribution in [3.8, 4) is 5.75 Å². The minimum absolute atomic E-state index is 0.251. The van der Waals surface area contributed by atoms with Gasteiger partial charge in [-0.05, 0) is 42.7 Å². The Morgan fingerprint density at radius 3 is 2.62 bits per heavy atom. The van der Waals surface area contributed by atoms with E-state index in [9.17, 15) is 4.39 Å². The van der Waals surface area contributed by atoms with Crippen LogP contribution in [0.1, 0.15) is 18.4 Å². The molecule has 1 aliphatic heterocycles. The van der Waals surface area contributed by atoms with Crippen molar-refractivity contribution in [3.05, 3.63) is 58.9 Å². The minimum Gasteiger partial charge on any atom is -0.489 e. The second-order valence-corrected chi connectivity index (χ2v) is 5.63. The highest BCUT2D eigenvalue weighted by molar-refractivity contribution is 6.33. The Labute approximate surface area is 129 Å². The predicted octanol–water partition coefficient (Wildman–Crippen LogP) is 4.66. The molecule has 0 bridgehead atoms. The fourth-order valence-corrected chi connectivity index (χ4v) is 2.88. The average Bonchev–Trinajstić information content (AvgIpc) is 2.99. The summed E-state index contributed by atoms with van der Waals surface area (Å²) in [7, 11) is 0. The number of hydrogen-bond acceptors (Lipinski definition) is 2. The van der Waals surface area contributed by atoms with Crippen LogP contribution in [0.15, 0.2) is 42.5 Å². The Hall–Kier alpha value is -1.74. The number of nitrogens with zero attached hydrogens (tertiary/aromatic N) is 1. The molecule has 1 saturated heterocycles. The van der Waals surface area contributed by atoms with Gasteiger partial charge < -0.3 is 9.64 Å². The number of rotatable bonds is 4. The number of halogens is 2. The maximum Gasteiger partial charge on any atom is 0.123 e. The summed E-state index contributed by atoms with van der Waals surface area (Å²) in [5.74, 6) is 0.450.